The summed E-state index contributed by atoms with van der Waals surface area (Å²) in [6.07, 6.45) is 6.62. The maximum atomic E-state index is 14.1. The van der Waals surface area contributed by atoms with E-state index in [9.17, 15) is 14.0 Å². The molecule has 2 unspecified atom stereocenters. The van der Waals surface area contributed by atoms with Gasteiger partial charge in [0.25, 0.3) is 5.91 Å². The Morgan fingerprint density at radius 2 is 2.10 bits per heavy atom. The minimum absolute atomic E-state index is 0.0419. The van der Waals surface area contributed by atoms with Crippen LogP contribution in [0.1, 0.15) is 51.5 Å². The van der Waals surface area contributed by atoms with Gasteiger partial charge in [-0.1, -0.05) is 31.0 Å². The molecule has 1 aromatic rings. The molecule has 2 amide bonds. The fourth-order valence-corrected chi connectivity index (χ4v) is 5.39. The Hall–Kier alpha value is -1.86. The molecule has 1 N–H and O–H groups in total. The summed E-state index contributed by atoms with van der Waals surface area (Å²) in [6, 6.07) is 6.50. The van der Waals surface area contributed by atoms with Crippen LogP contribution in [0.15, 0.2) is 29.2 Å². The van der Waals surface area contributed by atoms with Gasteiger partial charge >= 0.3 is 0 Å². The lowest BCUT2D eigenvalue weighted by molar-refractivity contribution is -0.135. The summed E-state index contributed by atoms with van der Waals surface area (Å²) >= 11 is 1.54. The van der Waals surface area contributed by atoms with Crippen LogP contribution in [-0.4, -0.2) is 53.8 Å². The Balaban J connectivity index is 1.67. The van der Waals surface area contributed by atoms with Crippen LogP contribution < -0.4 is 5.32 Å². The molecule has 30 heavy (non-hydrogen) atoms. The van der Waals surface area contributed by atoms with Gasteiger partial charge in [-0.2, -0.15) is 0 Å². The van der Waals surface area contributed by atoms with Crippen LogP contribution >= 0.6 is 11.8 Å². The van der Waals surface area contributed by atoms with E-state index in [1.165, 1.54) is 6.07 Å². The average molecular weight is 435 g/mol. The van der Waals surface area contributed by atoms with Gasteiger partial charge in [0.2, 0.25) is 5.91 Å². The minimum Gasteiger partial charge on any atom is -0.379 e. The van der Waals surface area contributed by atoms with Gasteiger partial charge in [0, 0.05) is 30.0 Å². The standard InChI is InChI=1S/C23H31FN2O3S/c1-16(2)29-13-7-12-25-22(27)15-26-19-10-5-6-11-20(19)30-21(23(26)28)14-17-8-3-4-9-18(17)24/h3-4,8-9,14,16,19-20H,5-7,10-13,15H2,1-2H3,(H,25,27)/b21-14-. The zero-order valence-corrected chi connectivity index (χ0v) is 18.6. The number of nitrogens with zero attached hydrogens (tertiary/aromatic N) is 1. The van der Waals surface area contributed by atoms with Gasteiger partial charge in [0.05, 0.1) is 11.0 Å². The van der Waals surface area contributed by atoms with Gasteiger partial charge in [-0.3, -0.25) is 9.59 Å². The lowest BCUT2D eigenvalue weighted by Gasteiger charge is -2.43. The number of hydrogen-bond donors (Lipinski definition) is 1. The van der Waals surface area contributed by atoms with Crippen molar-refractivity contribution in [2.75, 3.05) is 19.7 Å². The van der Waals surface area contributed by atoms with E-state index in [4.69, 9.17) is 4.74 Å². The molecule has 0 bridgehead atoms. The highest BCUT2D eigenvalue weighted by atomic mass is 32.2. The molecule has 2 aliphatic rings. The highest BCUT2D eigenvalue weighted by molar-refractivity contribution is 8.04. The molecule has 5 nitrogen and oxygen atoms in total. The molecule has 2 fully saturated rings. The normalized spacial score (nSPS) is 23.0. The van der Waals surface area contributed by atoms with E-state index >= 15 is 0 Å². The molecule has 1 aliphatic heterocycles. The number of ether oxygens (including phenoxy) is 1. The molecule has 1 heterocycles. The van der Waals surface area contributed by atoms with E-state index in [-0.39, 0.29) is 41.6 Å². The molecule has 1 saturated heterocycles. The number of fused-ring (bicyclic) bond motifs is 1. The van der Waals surface area contributed by atoms with Gasteiger partial charge < -0.3 is 15.0 Å². The average Bonchev–Trinajstić information content (AvgIpc) is 2.72. The predicted molar refractivity (Wildman–Crippen MR) is 118 cm³/mol. The van der Waals surface area contributed by atoms with Gasteiger partial charge in [-0.15, -0.1) is 11.8 Å². The van der Waals surface area contributed by atoms with E-state index in [0.717, 1.165) is 32.1 Å². The van der Waals surface area contributed by atoms with E-state index in [1.807, 2.05) is 13.8 Å². The number of hydrogen-bond acceptors (Lipinski definition) is 4. The molecule has 2 atom stereocenters. The largest absolute Gasteiger partial charge is 0.379 e. The SMILES string of the molecule is CC(C)OCCCNC(=O)CN1C(=O)/C(=C/c2ccccc2F)SC2CCCCC21. The second-order valence-corrected chi connectivity index (χ2v) is 9.38. The summed E-state index contributed by atoms with van der Waals surface area (Å²) in [5.74, 6) is -0.684. The number of nitrogens with one attached hydrogen (secondary N) is 1. The van der Waals surface area contributed by atoms with E-state index < -0.39 is 0 Å². The maximum absolute atomic E-state index is 14.1. The Morgan fingerprint density at radius 1 is 1.33 bits per heavy atom. The molecule has 0 aromatic heterocycles. The topological polar surface area (TPSA) is 58.6 Å². The van der Waals surface area contributed by atoms with Crippen molar-refractivity contribution in [3.8, 4) is 0 Å². The van der Waals surface area contributed by atoms with Crippen molar-refractivity contribution < 1.29 is 18.7 Å². The number of thioether (sulfide) groups is 1. The number of amides is 2. The molecule has 1 saturated carbocycles. The molecule has 7 heteroatoms. The number of benzene rings is 1. The van der Waals surface area contributed by atoms with Crippen LogP contribution in [0.4, 0.5) is 4.39 Å². The monoisotopic (exact) mass is 434 g/mol. The number of carbonyl (C=O) groups is 2. The van der Waals surface area contributed by atoms with E-state index in [2.05, 4.69) is 5.32 Å². The zero-order chi connectivity index (χ0) is 21.5. The van der Waals surface area contributed by atoms with E-state index in [0.29, 0.717) is 23.6 Å². The third kappa shape index (κ3) is 6.08. The van der Waals surface area contributed by atoms with Crippen molar-refractivity contribution in [3.05, 3.63) is 40.6 Å². The maximum Gasteiger partial charge on any atom is 0.261 e. The van der Waals surface area contributed by atoms with E-state index in [1.54, 1.807) is 40.9 Å². The lowest BCUT2D eigenvalue weighted by atomic mass is 9.93. The second kappa shape index (κ2) is 11.0. The highest BCUT2D eigenvalue weighted by Gasteiger charge is 2.41. The number of carbonyl (C=O) groups excluding carboxylic acids is 2. The Bertz CT molecular complexity index is 783. The summed E-state index contributed by atoms with van der Waals surface area (Å²) in [5, 5.41) is 3.15. The molecule has 1 aromatic carbocycles. The molecule has 0 radical (unpaired) electrons. The van der Waals surface area contributed by atoms with Gasteiger partial charge in [0.1, 0.15) is 12.4 Å². The molecule has 3 rings (SSSR count). The van der Waals surface area contributed by atoms with Gasteiger partial charge in [0.15, 0.2) is 0 Å². The summed E-state index contributed by atoms with van der Waals surface area (Å²) in [4.78, 5) is 27.9. The fraction of sp³-hybridized carbons (Fsp3) is 0.565. The van der Waals surface area contributed by atoms with Crippen LogP contribution in [-0.2, 0) is 14.3 Å². The third-order valence-corrected chi connectivity index (χ3v) is 6.82. The first-order valence-electron chi connectivity index (χ1n) is 10.8. The summed E-state index contributed by atoms with van der Waals surface area (Å²) in [7, 11) is 0. The third-order valence-electron chi connectivity index (χ3n) is 5.42. The van der Waals surface area contributed by atoms with Crippen LogP contribution in [0.2, 0.25) is 0 Å². The number of halogens is 1. The first-order valence-corrected chi connectivity index (χ1v) is 11.7. The fourth-order valence-electron chi connectivity index (χ4n) is 3.92. The van der Waals surface area contributed by atoms with Gasteiger partial charge in [-0.25, -0.2) is 4.39 Å². The summed E-state index contributed by atoms with van der Waals surface area (Å²) in [5.41, 5.74) is 0.400. The first-order chi connectivity index (χ1) is 14.5. The molecular formula is C23H31FN2O3S. The van der Waals surface area contributed by atoms with Crippen LogP contribution in [0.25, 0.3) is 6.08 Å². The zero-order valence-electron chi connectivity index (χ0n) is 17.7. The smallest absolute Gasteiger partial charge is 0.261 e. The molecular weight excluding hydrogens is 403 g/mol. The lowest BCUT2D eigenvalue weighted by Crippen LogP contribution is -2.54. The minimum atomic E-state index is -0.350. The van der Waals surface area contributed by atoms with Crippen molar-refractivity contribution in [1.82, 2.24) is 10.2 Å². The Labute approximate surface area is 182 Å². The van der Waals surface area contributed by atoms with Gasteiger partial charge in [-0.05, 0) is 45.3 Å². The van der Waals surface area contributed by atoms with Crippen LogP contribution in [0.3, 0.4) is 0 Å². The van der Waals surface area contributed by atoms with Crippen LogP contribution in [0, 0.1) is 5.82 Å². The summed E-state index contributed by atoms with van der Waals surface area (Å²) < 4.78 is 19.6. The van der Waals surface area contributed by atoms with Crippen molar-refractivity contribution in [3.63, 3.8) is 0 Å². The number of rotatable bonds is 8. The summed E-state index contributed by atoms with van der Waals surface area (Å²) in [6.45, 7) is 5.11. The first kappa shape index (κ1) is 22.8. The van der Waals surface area contributed by atoms with Crippen molar-refractivity contribution >= 4 is 29.7 Å². The quantitative estimate of drug-likeness (QED) is 0.497. The molecule has 0 spiro atoms. The van der Waals surface area contributed by atoms with Crippen molar-refractivity contribution in [2.45, 2.75) is 63.3 Å². The predicted octanol–water partition coefficient (Wildman–Crippen LogP) is 3.98. The Kier molecular flexibility index (Phi) is 8.33. The van der Waals surface area contributed by atoms with Crippen LogP contribution in [0.5, 0.6) is 0 Å². The molecule has 164 valence electrons. The van der Waals surface area contributed by atoms with Crippen molar-refractivity contribution in [1.29, 1.82) is 0 Å². The Morgan fingerprint density at radius 3 is 2.87 bits per heavy atom. The molecule has 1 aliphatic carbocycles. The highest BCUT2D eigenvalue weighted by Crippen LogP contribution is 2.42. The van der Waals surface area contributed by atoms with Crippen molar-refractivity contribution in [2.24, 2.45) is 0 Å². The second-order valence-electron chi connectivity index (χ2n) is 8.09.